The van der Waals surface area contributed by atoms with Gasteiger partial charge < -0.3 is 20.1 Å². The van der Waals surface area contributed by atoms with Crippen LogP contribution in [0, 0.1) is 20.8 Å². The first-order valence-corrected chi connectivity index (χ1v) is 7.73. The van der Waals surface area contributed by atoms with Gasteiger partial charge in [0.05, 0.1) is 14.2 Å². The van der Waals surface area contributed by atoms with Crippen LogP contribution in [0.3, 0.4) is 0 Å². The number of nitrogens with one attached hydrogen (secondary N) is 2. The molecule has 0 bridgehead atoms. The summed E-state index contributed by atoms with van der Waals surface area (Å²) in [6, 6.07) is 9.95. The first kappa shape index (κ1) is 17.1. The Bertz CT molecular complexity index is 729. The van der Waals surface area contributed by atoms with Crippen molar-refractivity contribution < 1.29 is 9.47 Å². The van der Waals surface area contributed by atoms with Crippen molar-refractivity contribution in [2.45, 2.75) is 20.8 Å². The third-order valence-electron chi connectivity index (χ3n) is 3.74. The average Bonchev–Trinajstić information content (AvgIpc) is 2.52. The number of anilines is 2. The van der Waals surface area contributed by atoms with Gasteiger partial charge in [0, 0.05) is 17.4 Å². The molecule has 2 N–H and O–H groups in total. The van der Waals surface area contributed by atoms with E-state index in [1.54, 1.807) is 14.2 Å². The van der Waals surface area contributed by atoms with E-state index in [9.17, 15) is 0 Å². The van der Waals surface area contributed by atoms with Crippen molar-refractivity contribution in [3.8, 4) is 11.5 Å². The van der Waals surface area contributed by atoms with Crippen molar-refractivity contribution in [3.05, 3.63) is 47.0 Å². The van der Waals surface area contributed by atoms with Crippen molar-refractivity contribution in [1.29, 1.82) is 0 Å². The average molecular weight is 330 g/mol. The largest absolute Gasteiger partial charge is 0.493 e. The summed E-state index contributed by atoms with van der Waals surface area (Å²) in [6.45, 7) is 6.15. The third kappa shape index (κ3) is 4.13. The number of hydrogen-bond donors (Lipinski definition) is 2. The Hall–Kier alpha value is -2.27. The highest BCUT2D eigenvalue weighted by atomic mass is 32.1. The van der Waals surface area contributed by atoms with E-state index in [0.717, 1.165) is 16.9 Å². The fourth-order valence-corrected chi connectivity index (χ4v) is 2.45. The van der Waals surface area contributed by atoms with E-state index in [0.29, 0.717) is 16.6 Å². The Kier molecular flexibility index (Phi) is 5.45. The Morgan fingerprint density at radius 3 is 2.09 bits per heavy atom. The molecule has 2 aromatic carbocycles. The van der Waals surface area contributed by atoms with Crippen LogP contribution in [0.2, 0.25) is 0 Å². The Labute approximate surface area is 142 Å². The molecule has 4 nitrogen and oxygen atoms in total. The lowest BCUT2D eigenvalue weighted by molar-refractivity contribution is 0.355. The maximum atomic E-state index is 5.40. The van der Waals surface area contributed by atoms with Gasteiger partial charge in [0.2, 0.25) is 0 Å². The summed E-state index contributed by atoms with van der Waals surface area (Å²) in [6.07, 6.45) is 0. The maximum Gasteiger partial charge on any atom is 0.175 e. The van der Waals surface area contributed by atoms with E-state index in [2.05, 4.69) is 36.6 Å². The third-order valence-corrected chi connectivity index (χ3v) is 3.95. The fourth-order valence-electron chi connectivity index (χ4n) is 2.22. The first-order chi connectivity index (χ1) is 10.9. The van der Waals surface area contributed by atoms with Gasteiger partial charge >= 0.3 is 0 Å². The van der Waals surface area contributed by atoms with E-state index < -0.39 is 0 Å². The van der Waals surface area contributed by atoms with Crippen LogP contribution in [0.25, 0.3) is 0 Å². The second-order valence-electron chi connectivity index (χ2n) is 5.40. The van der Waals surface area contributed by atoms with E-state index >= 15 is 0 Å². The number of rotatable bonds is 4. The molecule has 0 amide bonds. The van der Waals surface area contributed by atoms with E-state index in [-0.39, 0.29) is 0 Å². The van der Waals surface area contributed by atoms with Gasteiger partial charge in [-0.3, -0.25) is 0 Å². The normalized spacial score (nSPS) is 10.1. The highest BCUT2D eigenvalue weighted by Crippen LogP contribution is 2.33. The lowest BCUT2D eigenvalue weighted by Gasteiger charge is -2.16. The van der Waals surface area contributed by atoms with Crippen molar-refractivity contribution in [2.24, 2.45) is 0 Å². The minimum atomic E-state index is 0.531. The molecule has 0 heterocycles. The number of ether oxygens (including phenoxy) is 2. The van der Waals surface area contributed by atoms with Gasteiger partial charge in [-0.1, -0.05) is 6.07 Å². The second kappa shape index (κ2) is 7.33. The number of hydrogen-bond acceptors (Lipinski definition) is 3. The minimum Gasteiger partial charge on any atom is -0.493 e. The lowest BCUT2D eigenvalue weighted by atomic mass is 10.1. The van der Waals surface area contributed by atoms with Crippen molar-refractivity contribution >= 4 is 28.7 Å². The number of methoxy groups -OCH3 is 2. The van der Waals surface area contributed by atoms with Crippen molar-refractivity contribution in [1.82, 2.24) is 0 Å². The molecule has 0 saturated heterocycles. The smallest absolute Gasteiger partial charge is 0.175 e. The van der Waals surface area contributed by atoms with Gasteiger partial charge in [0.15, 0.2) is 16.6 Å². The van der Waals surface area contributed by atoms with Gasteiger partial charge in [0.25, 0.3) is 0 Å². The van der Waals surface area contributed by atoms with Crippen molar-refractivity contribution in [3.63, 3.8) is 0 Å². The molecular weight excluding hydrogens is 308 g/mol. The molecule has 5 heteroatoms. The molecule has 0 atom stereocenters. The number of benzene rings is 2. The van der Waals surface area contributed by atoms with Crippen LogP contribution in [-0.4, -0.2) is 19.3 Å². The summed E-state index contributed by atoms with van der Waals surface area (Å²) >= 11 is 5.40. The van der Waals surface area contributed by atoms with Crippen molar-refractivity contribution in [2.75, 3.05) is 24.9 Å². The van der Waals surface area contributed by atoms with E-state index in [4.69, 9.17) is 21.7 Å². The van der Waals surface area contributed by atoms with Gasteiger partial charge in [-0.05, 0) is 67.9 Å². The molecule has 0 saturated carbocycles. The molecule has 0 fully saturated rings. The number of aryl methyl sites for hydroxylation is 3. The Morgan fingerprint density at radius 2 is 1.48 bits per heavy atom. The summed E-state index contributed by atoms with van der Waals surface area (Å²) in [5.41, 5.74) is 5.34. The van der Waals surface area contributed by atoms with Crippen LogP contribution in [-0.2, 0) is 0 Å². The summed E-state index contributed by atoms with van der Waals surface area (Å²) in [5, 5.41) is 6.93. The quantitative estimate of drug-likeness (QED) is 0.811. The second-order valence-corrected chi connectivity index (χ2v) is 5.81. The molecule has 0 aliphatic heterocycles. The molecular formula is C18H22N2O2S. The van der Waals surface area contributed by atoms with Crippen LogP contribution in [0.4, 0.5) is 11.4 Å². The molecule has 0 aliphatic rings. The topological polar surface area (TPSA) is 42.5 Å². The molecule has 2 rings (SSSR count). The highest BCUT2D eigenvalue weighted by Gasteiger charge is 2.10. The van der Waals surface area contributed by atoms with Gasteiger partial charge in [-0.2, -0.15) is 0 Å². The van der Waals surface area contributed by atoms with Crippen LogP contribution >= 0.6 is 12.2 Å². The van der Waals surface area contributed by atoms with Crippen LogP contribution < -0.4 is 20.1 Å². The highest BCUT2D eigenvalue weighted by molar-refractivity contribution is 7.80. The molecule has 0 aliphatic carbocycles. The molecule has 23 heavy (non-hydrogen) atoms. The number of thiocarbonyl (C=S) groups is 1. The van der Waals surface area contributed by atoms with Gasteiger partial charge in [0.1, 0.15) is 0 Å². The van der Waals surface area contributed by atoms with Crippen LogP contribution in [0.1, 0.15) is 16.7 Å². The molecule has 2 aromatic rings. The molecule has 0 spiro atoms. The standard InChI is InChI=1S/C18H22N2O2S/c1-11-6-7-14(8-12(11)2)19-18(23)20-15-10-17(22-5)16(21-4)9-13(15)3/h6-10H,1-5H3,(H2,19,20,23). The summed E-state index contributed by atoms with van der Waals surface area (Å²) in [7, 11) is 3.24. The van der Waals surface area contributed by atoms with Crippen LogP contribution in [0.15, 0.2) is 30.3 Å². The molecule has 0 aromatic heterocycles. The van der Waals surface area contributed by atoms with Gasteiger partial charge in [-0.25, -0.2) is 0 Å². The fraction of sp³-hybridized carbons (Fsp3) is 0.278. The predicted molar refractivity (Wildman–Crippen MR) is 100 cm³/mol. The van der Waals surface area contributed by atoms with E-state index in [1.807, 2.05) is 25.1 Å². The molecule has 0 radical (unpaired) electrons. The zero-order valence-corrected chi connectivity index (χ0v) is 14.9. The maximum absolute atomic E-state index is 5.40. The summed E-state index contributed by atoms with van der Waals surface area (Å²) in [4.78, 5) is 0. The Balaban J connectivity index is 2.15. The monoisotopic (exact) mass is 330 g/mol. The summed E-state index contributed by atoms with van der Waals surface area (Å²) in [5.74, 6) is 1.36. The van der Waals surface area contributed by atoms with Gasteiger partial charge in [-0.15, -0.1) is 0 Å². The lowest BCUT2D eigenvalue weighted by Crippen LogP contribution is -2.19. The van der Waals surface area contributed by atoms with E-state index in [1.165, 1.54) is 11.1 Å². The predicted octanol–water partition coefficient (Wildman–Crippen LogP) is 4.44. The Morgan fingerprint density at radius 1 is 0.826 bits per heavy atom. The minimum absolute atomic E-state index is 0.531. The molecule has 0 unspecified atom stereocenters. The van der Waals surface area contributed by atoms with Crippen LogP contribution in [0.5, 0.6) is 11.5 Å². The first-order valence-electron chi connectivity index (χ1n) is 7.32. The zero-order chi connectivity index (χ0) is 17.0. The SMILES string of the molecule is COc1cc(C)c(NC(=S)Nc2ccc(C)c(C)c2)cc1OC. The molecule has 122 valence electrons. The summed E-state index contributed by atoms with van der Waals surface area (Å²) < 4.78 is 10.6. The zero-order valence-electron chi connectivity index (χ0n) is 14.1.